The van der Waals surface area contributed by atoms with E-state index in [0.29, 0.717) is 10.8 Å². The topological polar surface area (TPSA) is 38.1 Å². The molecule has 0 bridgehead atoms. The highest BCUT2D eigenvalue weighted by molar-refractivity contribution is 7.78. The third-order valence-electron chi connectivity index (χ3n) is 1.93. The lowest BCUT2D eigenvalue weighted by Gasteiger charge is -2.00. The normalized spacial score (nSPS) is 9.56. The predicted octanol–water partition coefficient (Wildman–Crippen LogP) is 3.53. The summed E-state index contributed by atoms with van der Waals surface area (Å²) in [6.45, 7) is 0. The molecule has 78 valence electrons. The van der Waals surface area contributed by atoms with Crippen LogP contribution in [0.3, 0.4) is 0 Å². The van der Waals surface area contributed by atoms with Crippen molar-refractivity contribution < 1.29 is 0 Å². The summed E-state index contributed by atoms with van der Waals surface area (Å²) in [7, 11) is 0. The number of hydrogen-bond acceptors (Lipinski definition) is 4. The van der Waals surface area contributed by atoms with Crippen molar-refractivity contribution in [2.45, 2.75) is 0 Å². The largest absolute Gasteiger partial charge is 0.236 e. The summed E-state index contributed by atoms with van der Waals surface area (Å²) >= 11 is 10.4. The van der Waals surface area contributed by atoms with Crippen LogP contribution in [0.2, 0.25) is 5.02 Å². The van der Waals surface area contributed by atoms with Gasteiger partial charge in [0.05, 0.1) is 10.9 Å². The maximum atomic E-state index is 5.90. The second-order valence-corrected chi connectivity index (χ2v) is 3.59. The van der Waals surface area contributed by atoms with Crippen LogP contribution in [-0.4, -0.2) is 15.1 Å². The van der Waals surface area contributed by atoms with E-state index in [4.69, 9.17) is 11.6 Å². The van der Waals surface area contributed by atoms with Gasteiger partial charge in [0.2, 0.25) is 0 Å². The Labute approximate surface area is 103 Å². The Morgan fingerprint density at radius 2 is 2.12 bits per heavy atom. The quantitative estimate of drug-likeness (QED) is 0.602. The fourth-order valence-corrected chi connectivity index (χ4v) is 1.54. The molecule has 1 aromatic heterocycles. The third kappa shape index (κ3) is 2.49. The van der Waals surface area contributed by atoms with E-state index in [1.807, 2.05) is 24.3 Å². The molecule has 0 aliphatic carbocycles. The monoisotopic (exact) mass is 247 g/mol. The number of aliphatic imine (C=N–C) groups is 1. The molecule has 3 nitrogen and oxygen atoms in total. The summed E-state index contributed by atoms with van der Waals surface area (Å²) in [6, 6.07) is 9.14. The van der Waals surface area contributed by atoms with Crippen molar-refractivity contribution in [2.24, 2.45) is 4.99 Å². The van der Waals surface area contributed by atoms with Crippen molar-refractivity contribution in [3.63, 3.8) is 0 Å². The third-order valence-corrected chi connectivity index (χ3v) is 2.26. The highest BCUT2D eigenvalue weighted by atomic mass is 35.5. The van der Waals surface area contributed by atoms with Gasteiger partial charge in [-0.05, 0) is 24.4 Å². The van der Waals surface area contributed by atoms with Crippen LogP contribution in [0.5, 0.6) is 0 Å². The maximum Gasteiger partial charge on any atom is 0.166 e. The van der Waals surface area contributed by atoms with Crippen LogP contribution in [0, 0.1) is 0 Å². The van der Waals surface area contributed by atoms with Crippen LogP contribution < -0.4 is 0 Å². The Balaban J connectivity index is 2.48. The number of halogens is 1. The van der Waals surface area contributed by atoms with Gasteiger partial charge in [0.1, 0.15) is 6.33 Å². The fraction of sp³-hybridized carbons (Fsp3) is 0. The fourth-order valence-electron chi connectivity index (χ4n) is 1.26. The van der Waals surface area contributed by atoms with Crippen LogP contribution >= 0.6 is 23.8 Å². The number of thiocarbonyl (C=S) groups is 1. The van der Waals surface area contributed by atoms with Gasteiger partial charge in [0.15, 0.2) is 5.82 Å². The molecule has 0 saturated carbocycles. The molecule has 5 heteroatoms. The van der Waals surface area contributed by atoms with E-state index in [2.05, 4.69) is 32.3 Å². The predicted molar refractivity (Wildman–Crippen MR) is 67.2 cm³/mol. The summed E-state index contributed by atoms with van der Waals surface area (Å²) in [4.78, 5) is 11.9. The summed E-state index contributed by atoms with van der Waals surface area (Å²) in [5, 5.41) is 2.93. The number of aromatic nitrogens is 2. The van der Waals surface area contributed by atoms with Crippen molar-refractivity contribution in [3.8, 4) is 11.3 Å². The molecular weight excluding hydrogens is 242 g/mol. The molecule has 1 aromatic carbocycles. The number of hydrogen-bond donors (Lipinski definition) is 0. The molecule has 2 aromatic rings. The number of rotatable bonds is 2. The standard InChI is InChI=1S/C11H6ClN3S/c12-9-3-1-2-8(4-9)10-5-11(15-7-16)14-6-13-10/h1-6H. The smallest absolute Gasteiger partial charge is 0.166 e. The first-order valence-electron chi connectivity index (χ1n) is 4.45. The van der Waals surface area contributed by atoms with Crippen molar-refractivity contribution in [3.05, 3.63) is 41.7 Å². The Morgan fingerprint density at radius 1 is 1.25 bits per heavy atom. The zero-order valence-electron chi connectivity index (χ0n) is 8.09. The molecule has 1 heterocycles. The summed E-state index contributed by atoms with van der Waals surface area (Å²) in [6.07, 6.45) is 1.43. The van der Waals surface area contributed by atoms with Crippen molar-refractivity contribution in [1.82, 2.24) is 9.97 Å². The number of benzene rings is 1. The molecule has 0 saturated heterocycles. The lowest BCUT2D eigenvalue weighted by molar-refractivity contribution is 1.16. The molecular formula is C11H6ClN3S. The molecule has 0 N–H and O–H groups in total. The lowest BCUT2D eigenvalue weighted by Crippen LogP contribution is -1.84. The van der Waals surface area contributed by atoms with Crippen molar-refractivity contribution in [2.75, 3.05) is 0 Å². The van der Waals surface area contributed by atoms with Crippen LogP contribution in [0.4, 0.5) is 5.82 Å². The minimum Gasteiger partial charge on any atom is -0.236 e. The Bertz CT molecular complexity index is 565. The van der Waals surface area contributed by atoms with Crippen LogP contribution in [0.15, 0.2) is 41.7 Å². The molecule has 0 unspecified atom stereocenters. The summed E-state index contributed by atoms with van der Waals surface area (Å²) < 4.78 is 0. The Kier molecular flexibility index (Phi) is 3.37. The van der Waals surface area contributed by atoms with Gasteiger partial charge in [-0.25, -0.2) is 9.97 Å². The number of isothiocyanates is 1. The highest BCUT2D eigenvalue weighted by Gasteiger charge is 2.01. The van der Waals surface area contributed by atoms with Gasteiger partial charge in [-0.15, -0.1) is 0 Å². The molecule has 0 radical (unpaired) electrons. The van der Waals surface area contributed by atoms with E-state index in [0.717, 1.165) is 11.3 Å². The minimum absolute atomic E-state index is 0.486. The molecule has 0 fully saturated rings. The van der Waals surface area contributed by atoms with E-state index in [1.54, 1.807) is 6.07 Å². The van der Waals surface area contributed by atoms with Gasteiger partial charge < -0.3 is 0 Å². The molecule has 0 atom stereocenters. The Hall–Kier alpha value is -1.61. The zero-order chi connectivity index (χ0) is 11.4. The van der Waals surface area contributed by atoms with E-state index < -0.39 is 0 Å². The molecule has 0 aliphatic heterocycles. The van der Waals surface area contributed by atoms with Crippen LogP contribution in [0.1, 0.15) is 0 Å². The molecule has 0 amide bonds. The highest BCUT2D eigenvalue weighted by Crippen LogP contribution is 2.22. The van der Waals surface area contributed by atoms with Gasteiger partial charge >= 0.3 is 0 Å². The second-order valence-electron chi connectivity index (χ2n) is 2.97. The lowest BCUT2D eigenvalue weighted by atomic mass is 10.1. The van der Waals surface area contributed by atoms with Gasteiger partial charge in [-0.2, -0.15) is 4.99 Å². The second kappa shape index (κ2) is 4.94. The molecule has 0 spiro atoms. The van der Waals surface area contributed by atoms with E-state index in [9.17, 15) is 0 Å². The van der Waals surface area contributed by atoms with Gasteiger partial charge in [-0.3, -0.25) is 0 Å². The minimum atomic E-state index is 0.486. The van der Waals surface area contributed by atoms with E-state index in [-0.39, 0.29) is 0 Å². The van der Waals surface area contributed by atoms with Crippen LogP contribution in [-0.2, 0) is 0 Å². The van der Waals surface area contributed by atoms with E-state index >= 15 is 0 Å². The molecule has 16 heavy (non-hydrogen) atoms. The summed E-state index contributed by atoms with van der Waals surface area (Å²) in [5.41, 5.74) is 1.66. The van der Waals surface area contributed by atoms with Crippen molar-refractivity contribution >= 4 is 34.8 Å². The first kappa shape index (κ1) is 10.9. The Morgan fingerprint density at radius 3 is 2.88 bits per heavy atom. The average Bonchev–Trinajstić information content (AvgIpc) is 2.30. The van der Waals surface area contributed by atoms with Gasteiger partial charge in [0, 0.05) is 16.7 Å². The van der Waals surface area contributed by atoms with Crippen LogP contribution in [0.25, 0.3) is 11.3 Å². The number of nitrogens with zero attached hydrogens (tertiary/aromatic N) is 3. The van der Waals surface area contributed by atoms with E-state index in [1.165, 1.54) is 6.33 Å². The molecule has 0 aliphatic rings. The molecule has 2 rings (SSSR count). The first-order valence-corrected chi connectivity index (χ1v) is 5.24. The summed E-state index contributed by atoms with van der Waals surface area (Å²) in [5.74, 6) is 0.486. The average molecular weight is 248 g/mol. The van der Waals surface area contributed by atoms with Gasteiger partial charge in [-0.1, -0.05) is 23.7 Å². The van der Waals surface area contributed by atoms with Crippen molar-refractivity contribution in [1.29, 1.82) is 0 Å². The maximum absolute atomic E-state index is 5.90. The van der Waals surface area contributed by atoms with Gasteiger partial charge in [0.25, 0.3) is 0 Å². The SMILES string of the molecule is S=C=Nc1cc(-c2cccc(Cl)c2)ncn1. The zero-order valence-corrected chi connectivity index (χ0v) is 9.66. The first-order chi connectivity index (χ1) is 7.79.